The smallest absolute Gasteiger partial charge is 0.345 e. The fourth-order valence-electron chi connectivity index (χ4n) is 1.21. The van der Waals surface area contributed by atoms with Crippen LogP contribution in [0.4, 0.5) is 0 Å². The molecule has 17 heavy (non-hydrogen) atoms. The standard InChI is InChI=1S/C11H11NO3S2/c1-6-7(2)15-11(12-6)16-5-8-3-4-9(17-8)10(13)14/h3-4H,5H2,1-2H3,(H,13,14). The molecule has 0 amide bonds. The number of thiophene rings is 1. The van der Waals surface area contributed by atoms with E-state index >= 15 is 0 Å². The van der Waals surface area contributed by atoms with Gasteiger partial charge in [0.2, 0.25) is 0 Å². The third-order valence-electron chi connectivity index (χ3n) is 2.22. The monoisotopic (exact) mass is 269 g/mol. The van der Waals surface area contributed by atoms with Crippen LogP contribution in [-0.4, -0.2) is 16.1 Å². The minimum atomic E-state index is -0.880. The van der Waals surface area contributed by atoms with Gasteiger partial charge in [0.15, 0.2) is 0 Å². The van der Waals surface area contributed by atoms with Crippen LogP contribution in [0.3, 0.4) is 0 Å². The van der Waals surface area contributed by atoms with Crippen LogP contribution in [0.5, 0.6) is 0 Å². The van der Waals surface area contributed by atoms with Gasteiger partial charge in [0, 0.05) is 10.6 Å². The minimum absolute atomic E-state index is 0.361. The van der Waals surface area contributed by atoms with Gasteiger partial charge in [-0.3, -0.25) is 0 Å². The van der Waals surface area contributed by atoms with Gasteiger partial charge >= 0.3 is 5.97 Å². The average Bonchev–Trinajstić information content (AvgIpc) is 2.84. The van der Waals surface area contributed by atoms with Crippen molar-refractivity contribution in [3.63, 3.8) is 0 Å². The zero-order chi connectivity index (χ0) is 12.4. The predicted octanol–water partition coefficient (Wildman–Crippen LogP) is 3.34. The lowest BCUT2D eigenvalue weighted by atomic mass is 10.4. The highest BCUT2D eigenvalue weighted by Gasteiger charge is 2.10. The van der Waals surface area contributed by atoms with Gasteiger partial charge in [-0.25, -0.2) is 9.78 Å². The average molecular weight is 269 g/mol. The molecule has 0 unspecified atom stereocenters. The lowest BCUT2D eigenvalue weighted by Crippen LogP contribution is -1.89. The molecular formula is C11H11NO3S2. The second-order valence-electron chi connectivity index (χ2n) is 3.48. The van der Waals surface area contributed by atoms with E-state index in [1.165, 1.54) is 23.1 Å². The quantitative estimate of drug-likeness (QED) is 0.862. The molecule has 0 saturated carbocycles. The van der Waals surface area contributed by atoms with Crippen molar-refractivity contribution in [3.05, 3.63) is 33.3 Å². The topological polar surface area (TPSA) is 63.3 Å². The molecule has 0 aliphatic heterocycles. The van der Waals surface area contributed by atoms with E-state index in [2.05, 4.69) is 4.98 Å². The number of rotatable bonds is 4. The highest BCUT2D eigenvalue weighted by Crippen LogP contribution is 2.27. The van der Waals surface area contributed by atoms with Crippen LogP contribution >= 0.6 is 23.1 Å². The second-order valence-corrected chi connectivity index (χ2v) is 5.58. The Kier molecular flexibility index (Phi) is 3.54. The number of thioether (sulfide) groups is 1. The summed E-state index contributed by atoms with van der Waals surface area (Å²) >= 11 is 2.75. The Balaban J connectivity index is 1.99. The van der Waals surface area contributed by atoms with Gasteiger partial charge in [-0.15, -0.1) is 11.3 Å². The molecule has 0 aromatic carbocycles. The third kappa shape index (κ3) is 2.89. The van der Waals surface area contributed by atoms with Crippen molar-refractivity contribution in [2.45, 2.75) is 24.8 Å². The van der Waals surface area contributed by atoms with Crippen molar-refractivity contribution >= 4 is 29.1 Å². The summed E-state index contributed by atoms with van der Waals surface area (Å²) in [6.45, 7) is 3.77. The number of carboxylic acids is 1. The summed E-state index contributed by atoms with van der Waals surface area (Å²) in [5, 5.41) is 9.43. The van der Waals surface area contributed by atoms with E-state index in [9.17, 15) is 4.79 Å². The first-order valence-electron chi connectivity index (χ1n) is 4.95. The maximum absolute atomic E-state index is 10.7. The number of carboxylic acid groups (broad SMARTS) is 1. The highest BCUT2D eigenvalue weighted by molar-refractivity contribution is 7.98. The highest BCUT2D eigenvalue weighted by atomic mass is 32.2. The van der Waals surface area contributed by atoms with Crippen LogP contribution in [0.1, 0.15) is 26.0 Å². The van der Waals surface area contributed by atoms with Gasteiger partial charge in [0.25, 0.3) is 5.22 Å². The SMILES string of the molecule is Cc1nc(SCc2ccc(C(=O)O)s2)oc1C. The first kappa shape index (κ1) is 12.2. The van der Waals surface area contributed by atoms with Crippen molar-refractivity contribution in [1.29, 1.82) is 0 Å². The lowest BCUT2D eigenvalue weighted by molar-refractivity contribution is 0.0702. The van der Waals surface area contributed by atoms with E-state index in [0.717, 1.165) is 16.3 Å². The number of oxazole rings is 1. The molecule has 0 fully saturated rings. The third-order valence-corrected chi connectivity index (χ3v) is 4.35. The molecule has 1 N–H and O–H groups in total. The number of carbonyl (C=O) groups is 1. The Morgan fingerprint density at radius 3 is 2.82 bits per heavy atom. The predicted molar refractivity (Wildman–Crippen MR) is 66.8 cm³/mol. The Bertz CT molecular complexity index is 525. The molecule has 0 atom stereocenters. The van der Waals surface area contributed by atoms with Crippen molar-refractivity contribution in [3.8, 4) is 0 Å². The Labute approximate surface area is 107 Å². The van der Waals surface area contributed by atoms with Crippen LogP contribution in [0.25, 0.3) is 0 Å². The van der Waals surface area contributed by atoms with Crippen LogP contribution in [0.2, 0.25) is 0 Å². The molecule has 2 rings (SSSR count). The van der Waals surface area contributed by atoms with E-state index in [1.54, 1.807) is 6.07 Å². The molecule has 0 aliphatic rings. The van der Waals surface area contributed by atoms with Gasteiger partial charge < -0.3 is 9.52 Å². The number of aryl methyl sites for hydroxylation is 2. The fourth-order valence-corrected chi connectivity index (χ4v) is 3.01. The van der Waals surface area contributed by atoms with Crippen LogP contribution in [0, 0.1) is 13.8 Å². The molecule has 0 saturated heterocycles. The molecular weight excluding hydrogens is 258 g/mol. The van der Waals surface area contributed by atoms with Gasteiger partial charge in [0.1, 0.15) is 10.6 Å². The molecule has 4 nitrogen and oxygen atoms in total. The van der Waals surface area contributed by atoms with Crippen LogP contribution in [0.15, 0.2) is 21.8 Å². The maximum Gasteiger partial charge on any atom is 0.345 e. The van der Waals surface area contributed by atoms with Crippen LogP contribution < -0.4 is 0 Å². The van der Waals surface area contributed by atoms with E-state index in [0.29, 0.717) is 15.9 Å². The first-order chi connectivity index (χ1) is 8.06. The number of hydrogen-bond donors (Lipinski definition) is 1. The summed E-state index contributed by atoms with van der Waals surface area (Å²) in [6, 6.07) is 3.44. The fraction of sp³-hybridized carbons (Fsp3) is 0.273. The second kappa shape index (κ2) is 4.93. The van der Waals surface area contributed by atoms with Crippen LogP contribution in [-0.2, 0) is 5.75 Å². The van der Waals surface area contributed by atoms with Gasteiger partial charge in [0.05, 0.1) is 5.69 Å². The summed E-state index contributed by atoms with van der Waals surface area (Å²) in [5.74, 6) is 0.621. The Morgan fingerprint density at radius 2 is 2.29 bits per heavy atom. The zero-order valence-electron chi connectivity index (χ0n) is 9.39. The Morgan fingerprint density at radius 1 is 1.53 bits per heavy atom. The summed E-state index contributed by atoms with van der Waals surface area (Å²) in [6.07, 6.45) is 0. The lowest BCUT2D eigenvalue weighted by Gasteiger charge is -1.92. The molecule has 0 aliphatic carbocycles. The minimum Gasteiger partial charge on any atom is -0.477 e. The zero-order valence-corrected chi connectivity index (χ0v) is 11.0. The molecule has 6 heteroatoms. The van der Waals surface area contributed by atoms with Gasteiger partial charge in [-0.1, -0.05) is 11.8 Å². The number of nitrogens with zero attached hydrogens (tertiary/aromatic N) is 1. The summed E-state index contributed by atoms with van der Waals surface area (Å²) in [7, 11) is 0. The van der Waals surface area contributed by atoms with Gasteiger partial charge in [-0.2, -0.15) is 0 Å². The molecule has 2 aromatic rings. The van der Waals surface area contributed by atoms with Gasteiger partial charge in [-0.05, 0) is 26.0 Å². The van der Waals surface area contributed by atoms with E-state index in [1.807, 2.05) is 19.9 Å². The van der Waals surface area contributed by atoms with E-state index in [-0.39, 0.29) is 0 Å². The molecule has 0 spiro atoms. The maximum atomic E-state index is 10.7. The molecule has 90 valence electrons. The van der Waals surface area contributed by atoms with Crippen molar-refractivity contribution < 1.29 is 14.3 Å². The largest absolute Gasteiger partial charge is 0.477 e. The molecule has 0 bridgehead atoms. The first-order valence-corrected chi connectivity index (χ1v) is 6.75. The molecule has 2 aromatic heterocycles. The normalized spacial score (nSPS) is 10.7. The number of aromatic nitrogens is 1. The number of hydrogen-bond acceptors (Lipinski definition) is 5. The van der Waals surface area contributed by atoms with Crippen molar-refractivity contribution in [2.24, 2.45) is 0 Å². The van der Waals surface area contributed by atoms with Crippen molar-refractivity contribution in [2.75, 3.05) is 0 Å². The summed E-state index contributed by atoms with van der Waals surface area (Å²) < 4.78 is 5.43. The van der Waals surface area contributed by atoms with E-state index in [4.69, 9.17) is 9.52 Å². The summed E-state index contributed by atoms with van der Waals surface area (Å²) in [5.41, 5.74) is 0.893. The number of aromatic carboxylic acids is 1. The van der Waals surface area contributed by atoms with Crippen molar-refractivity contribution in [1.82, 2.24) is 4.98 Å². The Hall–Kier alpha value is -1.27. The molecule has 0 radical (unpaired) electrons. The molecule has 2 heterocycles. The summed E-state index contributed by atoms with van der Waals surface area (Å²) in [4.78, 5) is 16.3. The van der Waals surface area contributed by atoms with E-state index < -0.39 is 5.97 Å².